The van der Waals surface area contributed by atoms with Crippen molar-refractivity contribution in [2.75, 3.05) is 26.2 Å². The van der Waals surface area contributed by atoms with Crippen molar-refractivity contribution >= 4 is 0 Å². The summed E-state index contributed by atoms with van der Waals surface area (Å²) in [6.07, 6.45) is 9.60. The summed E-state index contributed by atoms with van der Waals surface area (Å²) in [6, 6.07) is 0.767. The Morgan fingerprint density at radius 2 is 2.00 bits per heavy atom. The maximum Gasteiger partial charge on any atom is 0.0536 e. The first-order valence-corrected chi connectivity index (χ1v) is 7.74. The molecule has 3 rings (SSSR count). The Hall–Kier alpha value is -0.870. The second-order valence-electron chi connectivity index (χ2n) is 6.25. The molecule has 1 aliphatic carbocycles. The van der Waals surface area contributed by atoms with Gasteiger partial charge >= 0.3 is 0 Å². The van der Waals surface area contributed by atoms with E-state index in [2.05, 4.69) is 33.1 Å². The van der Waals surface area contributed by atoms with Crippen LogP contribution in [0.4, 0.5) is 0 Å². The van der Waals surface area contributed by atoms with Gasteiger partial charge in [0, 0.05) is 18.8 Å². The summed E-state index contributed by atoms with van der Waals surface area (Å²) in [5.74, 6) is 1.00. The van der Waals surface area contributed by atoms with Gasteiger partial charge in [-0.15, -0.1) is 0 Å². The van der Waals surface area contributed by atoms with Crippen LogP contribution in [-0.4, -0.2) is 46.9 Å². The lowest BCUT2D eigenvalue weighted by Gasteiger charge is -2.32. The Morgan fingerprint density at radius 3 is 2.63 bits per heavy atom. The van der Waals surface area contributed by atoms with E-state index in [0.29, 0.717) is 0 Å². The largest absolute Gasteiger partial charge is 0.314 e. The number of hydrogen-bond acceptors (Lipinski definition) is 3. The van der Waals surface area contributed by atoms with E-state index < -0.39 is 0 Å². The van der Waals surface area contributed by atoms with Crippen molar-refractivity contribution in [2.45, 2.75) is 45.2 Å². The van der Waals surface area contributed by atoms with E-state index in [9.17, 15) is 0 Å². The smallest absolute Gasteiger partial charge is 0.0536 e. The van der Waals surface area contributed by atoms with Gasteiger partial charge in [-0.2, -0.15) is 5.10 Å². The molecule has 106 valence electrons. The van der Waals surface area contributed by atoms with E-state index in [1.165, 1.54) is 50.9 Å². The van der Waals surface area contributed by atoms with Crippen LogP contribution in [0.25, 0.3) is 0 Å². The van der Waals surface area contributed by atoms with Gasteiger partial charge in [-0.25, -0.2) is 0 Å². The predicted octanol–water partition coefficient (Wildman–Crippen LogP) is 1.66. The molecular weight excluding hydrogens is 236 g/mol. The van der Waals surface area contributed by atoms with Crippen LogP contribution < -0.4 is 5.32 Å². The summed E-state index contributed by atoms with van der Waals surface area (Å²) < 4.78 is 2.06. The summed E-state index contributed by atoms with van der Waals surface area (Å²) >= 11 is 0. The average Bonchev–Trinajstić information content (AvgIpc) is 3.17. The molecule has 1 aliphatic heterocycles. The van der Waals surface area contributed by atoms with Crippen LogP contribution in [0.2, 0.25) is 0 Å². The van der Waals surface area contributed by atoms with Gasteiger partial charge in [0.1, 0.15) is 0 Å². The van der Waals surface area contributed by atoms with Crippen molar-refractivity contribution in [1.82, 2.24) is 20.0 Å². The first-order chi connectivity index (χ1) is 9.29. The second-order valence-corrected chi connectivity index (χ2v) is 6.25. The van der Waals surface area contributed by atoms with Gasteiger partial charge in [-0.1, -0.05) is 0 Å². The molecule has 1 N–H and O–H groups in total. The SMILES string of the molecule is Cc1cnn(CCN2CCC(NCC3CC3)CC2)c1. The van der Waals surface area contributed by atoms with Gasteiger partial charge in [0.15, 0.2) is 0 Å². The third-order valence-corrected chi connectivity index (χ3v) is 4.39. The van der Waals surface area contributed by atoms with Crippen molar-refractivity contribution in [1.29, 1.82) is 0 Å². The molecule has 0 aromatic carbocycles. The highest BCUT2D eigenvalue weighted by Crippen LogP contribution is 2.28. The second kappa shape index (κ2) is 6.06. The number of rotatable bonds is 6. The Labute approximate surface area is 116 Å². The van der Waals surface area contributed by atoms with E-state index in [0.717, 1.165) is 25.0 Å². The van der Waals surface area contributed by atoms with Crippen LogP contribution in [0.1, 0.15) is 31.2 Å². The van der Waals surface area contributed by atoms with E-state index in [4.69, 9.17) is 0 Å². The van der Waals surface area contributed by atoms with Crippen LogP contribution in [0.5, 0.6) is 0 Å². The third kappa shape index (κ3) is 4.05. The van der Waals surface area contributed by atoms with Gasteiger partial charge in [-0.3, -0.25) is 4.68 Å². The Morgan fingerprint density at radius 1 is 1.21 bits per heavy atom. The van der Waals surface area contributed by atoms with E-state index in [1.807, 2.05) is 6.20 Å². The molecule has 1 aromatic rings. The lowest BCUT2D eigenvalue weighted by molar-refractivity contribution is 0.189. The molecule has 0 spiro atoms. The highest BCUT2D eigenvalue weighted by atomic mass is 15.3. The zero-order chi connectivity index (χ0) is 13.1. The normalized spacial score (nSPS) is 21.9. The van der Waals surface area contributed by atoms with Gasteiger partial charge < -0.3 is 10.2 Å². The maximum absolute atomic E-state index is 4.35. The van der Waals surface area contributed by atoms with Crippen LogP contribution >= 0.6 is 0 Å². The summed E-state index contributed by atoms with van der Waals surface area (Å²) in [4.78, 5) is 2.58. The molecule has 19 heavy (non-hydrogen) atoms. The minimum Gasteiger partial charge on any atom is -0.314 e. The summed E-state index contributed by atoms with van der Waals surface area (Å²) in [6.45, 7) is 7.99. The van der Waals surface area contributed by atoms with Gasteiger partial charge in [0.25, 0.3) is 0 Å². The molecule has 0 bridgehead atoms. The Balaban J connectivity index is 1.33. The molecule has 0 unspecified atom stereocenters. The van der Waals surface area contributed by atoms with Crippen molar-refractivity contribution < 1.29 is 0 Å². The zero-order valence-electron chi connectivity index (χ0n) is 12.0. The van der Waals surface area contributed by atoms with Gasteiger partial charge in [0.2, 0.25) is 0 Å². The summed E-state index contributed by atoms with van der Waals surface area (Å²) in [5, 5.41) is 8.09. The lowest BCUT2D eigenvalue weighted by Crippen LogP contribution is -2.43. The minimum absolute atomic E-state index is 0.767. The van der Waals surface area contributed by atoms with E-state index >= 15 is 0 Å². The topological polar surface area (TPSA) is 33.1 Å². The molecule has 0 radical (unpaired) electrons. The molecule has 1 saturated heterocycles. The first kappa shape index (κ1) is 13.1. The number of likely N-dealkylation sites (tertiary alicyclic amines) is 1. The number of hydrogen-bond donors (Lipinski definition) is 1. The van der Waals surface area contributed by atoms with Crippen LogP contribution in [-0.2, 0) is 6.54 Å². The number of piperidine rings is 1. The fraction of sp³-hybridized carbons (Fsp3) is 0.800. The van der Waals surface area contributed by atoms with Crippen molar-refractivity contribution in [3.8, 4) is 0 Å². The van der Waals surface area contributed by atoms with E-state index in [-0.39, 0.29) is 0 Å². The predicted molar refractivity (Wildman–Crippen MR) is 77.2 cm³/mol. The molecule has 4 heteroatoms. The van der Waals surface area contributed by atoms with Crippen molar-refractivity contribution in [2.24, 2.45) is 5.92 Å². The Kier molecular flexibility index (Phi) is 4.18. The number of aryl methyl sites for hydroxylation is 1. The van der Waals surface area contributed by atoms with Crippen LogP contribution in [0.3, 0.4) is 0 Å². The minimum atomic E-state index is 0.767. The molecule has 1 aromatic heterocycles. The monoisotopic (exact) mass is 262 g/mol. The number of nitrogens with zero attached hydrogens (tertiary/aromatic N) is 3. The quantitative estimate of drug-likeness (QED) is 0.846. The van der Waals surface area contributed by atoms with Gasteiger partial charge in [-0.05, 0) is 63.7 Å². The van der Waals surface area contributed by atoms with Gasteiger partial charge in [0.05, 0.1) is 12.7 Å². The summed E-state index contributed by atoms with van der Waals surface area (Å²) in [7, 11) is 0. The molecule has 2 heterocycles. The highest BCUT2D eigenvalue weighted by Gasteiger charge is 2.24. The molecular formula is C15H26N4. The number of aromatic nitrogens is 2. The molecule has 2 aliphatic rings. The Bertz CT molecular complexity index is 389. The summed E-state index contributed by atoms with van der Waals surface area (Å²) in [5.41, 5.74) is 1.25. The van der Waals surface area contributed by atoms with Crippen LogP contribution in [0, 0.1) is 12.8 Å². The van der Waals surface area contributed by atoms with E-state index in [1.54, 1.807) is 0 Å². The van der Waals surface area contributed by atoms with Crippen molar-refractivity contribution in [3.05, 3.63) is 18.0 Å². The lowest BCUT2D eigenvalue weighted by atomic mass is 10.0. The van der Waals surface area contributed by atoms with Crippen molar-refractivity contribution in [3.63, 3.8) is 0 Å². The third-order valence-electron chi connectivity index (χ3n) is 4.39. The average molecular weight is 262 g/mol. The number of nitrogens with one attached hydrogen (secondary N) is 1. The van der Waals surface area contributed by atoms with Crippen LogP contribution in [0.15, 0.2) is 12.4 Å². The molecule has 1 saturated carbocycles. The zero-order valence-corrected chi connectivity index (χ0v) is 12.0. The fourth-order valence-corrected chi connectivity index (χ4v) is 2.85. The maximum atomic E-state index is 4.35. The first-order valence-electron chi connectivity index (χ1n) is 7.74. The molecule has 4 nitrogen and oxygen atoms in total. The highest BCUT2D eigenvalue weighted by molar-refractivity contribution is 4.99. The fourth-order valence-electron chi connectivity index (χ4n) is 2.85. The molecule has 0 amide bonds. The standard InChI is InChI=1S/C15H26N4/c1-13-10-17-19(12-13)9-8-18-6-4-15(5-7-18)16-11-14-2-3-14/h10,12,14-16H,2-9,11H2,1H3. The molecule has 2 fully saturated rings. The molecule has 0 atom stereocenters.